The Bertz CT molecular complexity index is 456. The number of hydrogen-bond donors (Lipinski definition) is 1. The SMILES string of the molecule is CNc1cc(COC)nc(-c2ccsc2)n1. The molecule has 0 saturated heterocycles. The molecule has 2 aromatic heterocycles. The van der Waals surface area contributed by atoms with Crippen molar-refractivity contribution in [2.45, 2.75) is 6.61 Å². The highest BCUT2D eigenvalue weighted by Gasteiger charge is 2.06. The number of nitrogens with one attached hydrogen (secondary N) is 1. The van der Waals surface area contributed by atoms with E-state index in [0.29, 0.717) is 6.61 Å². The lowest BCUT2D eigenvalue weighted by molar-refractivity contribution is 0.181. The Balaban J connectivity index is 2.41. The van der Waals surface area contributed by atoms with Gasteiger partial charge in [-0.2, -0.15) is 11.3 Å². The molecule has 0 saturated carbocycles. The van der Waals surface area contributed by atoms with Crippen LogP contribution in [0.1, 0.15) is 5.69 Å². The van der Waals surface area contributed by atoms with Crippen LogP contribution in [0.25, 0.3) is 11.4 Å². The third-order valence-electron chi connectivity index (χ3n) is 2.11. The first-order chi connectivity index (χ1) is 7.83. The van der Waals surface area contributed by atoms with Crippen LogP contribution >= 0.6 is 11.3 Å². The van der Waals surface area contributed by atoms with E-state index in [1.165, 1.54) is 0 Å². The molecule has 0 amide bonds. The van der Waals surface area contributed by atoms with Crippen molar-refractivity contribution >= 4 is 17.2 Å². The van der Waals surface area contributed by atoms with E-state index in [1.807, 2.05) is 29.9 Å². The summed E-state index contributed by atoms with van der Waals surface area (Å²) in [5, 5.41) is 7.07. The van der Waals surface area contributed by atoms with Crippen molar-refractivity contribution in [3.8, 4) is 11.4 Å². The highest BCUT2D eigenvalue weighted by atomic mass is 32.1. The van der Waals surface area contributed by atoms with E-state index in [1.54, 1.807) is 18.4 Å². The summed E-state index contributed by atoms with van der Waals surface area (Å²) in [5.41, 5.74) is 1.92. The molecule has 2 rings (SSSR count). The summed E-state index contributed by atoms with van der Waals surface area (Å²) in [6.45, 7) is 0.494. The summed E-state index contributed by atoms with van der Waals surface area (Å²) in [6.07, 6.45) is 0. The van der Waals surface area contributed by atoms with Gasteiger partial charge in [-0.05, 0) is 11.4 Å². The van der Waals surface area contributed by atoms with Crippen LogP contribution in [0.15, 0.2) is 22.9 Å². The van der Waals surface area contributed by atoms with E-state index >= 15 is 0 Å². The third kappa shape index (κ3) is 2.37. The van der Waals surface area contributed by atoms with Crippen molar-refractivity contribution in [1.29, 1.82) is 0 Å². The van der Waals surface area contributed by atoms with Gasteiger partial charge in [0.2, 0.25) is 0 Å². The lowest BCUT2D eigenvalue weighted by Gasteiger charge is -2.06. The number of aromatic nitrogens is 2. The molecule has 5 heteroatoms. The van der Waals surface area contributed by atoms with Gasteiger partial charge in [0.1, 0.15) is 5.82 Å². The van der Waals surface area contributed by atoms with Crippen molar-refractivity contribution < 1.29 is 4.74 Å². The van der Waals surface area contributed by atoms with Crippen LogP contribution in [-0.2, 0) is 11.3 Å². The summed E-state index contributed by atoms with van der Waals surface area (Å²) in [4.78, 5) is 8.85. The predicted octanol–water partition coefficient (Wildman–Crippen LogP) is 2.39. The number of rotatable bonds is 4. The average molecular weight is 235 g/mol. The van der Waals surface area contributed by atoms with Gasteiger partial charge in [0.05, 0.1) is 12.3 Å². The molecule has 1 N–H and O–H groups in total. The topological polar surface area (TPSA) is 47.0 Å². The minimum atomic E-state index is 0.494. The van der Waals surface area contributed by atoms with Gasteiger partial charge in [0, 0.05) is 31.2 Å². The Kier molecular flexibility index (Phi) is 3.48. The van der Waals surface area contributed by atoms with Gasteiger partial charge in [-0.15, -0.1) is 0 Å². The maximum Gasteiger partial charge on any atom is 0.162 e. The Morgan fingerprint density at radius 2 is 2.31 bits per heavy atom. The molecule has 84 valence electrons. The molecule has 0 bridgehead atoms. The molecule has 0 radical (unpaired) electrons. The molecular weight excluding hydrogens is 222 g/mol. The Morgan fingerprint density at radius 1 is 1.44 bits per heavy atom. The van der Waals surface area contributed by atoms with Crippen molar-refractivity contribution in [2.24, 2.45) is 0 Å². The van der Waals surface area contributed by atoms with E-state index in [-0.39, 0.29) is 0 Å². The fourth-order valence-electron chi connectivity index (χ4n) is 1.37. The molecule has 0 fully saturated rings. The van der Waals surface area contributed by atoms with Gasteiger partial charge in [-0.3, -0.25) is 0 Å². The molecule has 0 atom stereocenters. The second-order valence-electron chi connectivity index (χ2n) is 3.26. The first-order valence-electron chi connectivity index (χ1n) is 4.90. The zero-order valence-corrected chi connectivity index (χ0v) is 10.0. The fourth-order valence-corrected chi connectivity index (χ4v) is 2.00. The molecule has 0 aliphatic heterocycles. The van der Waals surface area contributed by atoms with Crippen LogP contribution in [0, 0.1) is 0 Å². The minimum absolute atomic E-state index is 0.494. The molecule has 4 nitrogen and oxygen atoms in total. The van der Waals surface area contributed by atoms with Gasteiger partial charge in [0.15, 0.2) is 5.82 Å². The number of anilines is 1. The van der Waals surface area contributed by atoms with Crippen LogP contribution in [0.3, 0.4) is 0 Å². The molecule has 2 aromatic rings. The maximum absolute atomic E-state index is 5.08. The molecule has 0 aliphatic rings. The first kappa shape index (κ1) is 11.0. The second-order valence-corrected chi connectivity index (χ2v) is 4.04. The monoisotopic (exact) mass is 235 g/mol. The van der Waals surface area contributed by atoms with Crippen LogP contribution < -0.4 is 5.32 Å². The van der Waals surface area contributed by atoms with Crippen molar-refractivity contribution in [3.63, 3.8) is 0 Å². The second kappa shape index (κ2) is 5.05. The normalized spacial score (nSPS) is 10.4. The van der Waals surface area contributed by atoms with Crippen LogP contribution in [0.5, 0.6) is 0 Å². The van der Waals surface area contributed by atoms with Crippen LogP contribution in [0.4, 0.5) is 5.82 Å². The van der Waals surface area contributed by atoms with E-state index in [0.717, 1.165) is 22.9 Å². The van der Waals surface area contributed by atoms with Crippen molar-refractivity contribution in [3.05, 3.63) is 28.6 Å². The smallest absolute Gasteiger partial charge is 0.162 e. The minimum Gasteiger partial charge on any atom is -0.378 e. The molecule has 0 spiro atoms. The predicted molar refractivity (Wildman–Crippen MR) is 65.6 cm³/mol. The summed E-state index contributed by atoms with van der Waals surface area (Å²) >= 11 is 1.64. The number of nitrogens with zero attached hydrogens (tertiary/aromatic N) is 2. The Labute approximate surface area is 98.3 Å². The highest BCUT2D eigenvalue weighted by molar-refractivity contribution is 7.08. The fraction of sp³-hybridized carbons (Fsp3) is 0.273. The van der Waals surface area contributed by atoms with Crippen molar-refractivity contribution in [1.82, 2.24) is 9.97 Å². The number of thiophene rings is 1. The van der Waals surface area contributed by atoms with Gasteiger partial charge in [0.25, 0.3) is 0 Å². The largest absolute Gasteiger partial charge is 0.378 e. The third-order valence-corrected chi connectivity index (χ3v) is 2.79. The van der Waals surface area contributed by atoms with E-state index in [2.05, 4.69) is 15.3 Å². The van der Waals surface area contributed by atoms with Crippen molar-refractivity contribution in [2.75, 3.05) is 19.5 Å². The van der Waals surface area contributed by atoms with Crippen LogP contribution in [0.2, 0.25) is 0 Å². The Hall–Kier alpha value is -1.46. The lowest BCUT2D eigenvalue weighted by atomic mass is 10.3. The zero-order valence-electron chi connectivity index (χ0n) is 9.23. The molecule has 0 unspecified atom stereocenters. The van der Waals surface area contributed by atoms with Gasteiger partial charge >= 0.3 is 0 Å². The lowest BCUT2D eigenvalue weighted by Crippen LogP contribution is -2.01. The number of ether oxygens (including phenoxy) is 1. The molecular formula is C11H13N3OS. The van der Waals surface area contributed by atoms with E-state index in [4.69, 9.17) is 4.74 Å². The average Bonchev–Trinajstić information content (AvgIpc) is 2.82. The van der Waals surface area contributed by atoms with Gasteiger partial charge in [-0.1, -0.05) is 0 Å². The quantitative estimate of drug-likeness (QED) is 0.884. The molecule has 0 aliphatic carbocycles. The summed E-state index contributed by atoms with van der Waals surface area (Å²) < 4.78 is 5.08. The summed E-state index contributed by atoms with van der Waals surface area (Å²) in [5.74, 6) is 1.54. The molecule has 16 heavy (non-hydrogen) atoms. The Morgan fingerprint density at radius 3 is 2.94 bits per heavy atom. The van der Waals surface area contributed by atoms with Crippen LogP contribution in [-0.4, -0.2) is 24.1 Å². The maximum atomic E-state index is 5.08. The van der Waals surface area contributed by atoms with E-state index in [9.17, 15) is 0 Å². The summed E-state index contributed by atoms with van der Waals surface area (Å²) in [7, 11) is 3.50. The standard InChI is InChI=1S/C11H13N3OS/c1-12-10-5-9(6-15-2)13-11(14-10)8-3-4-16-7-8/h3-5,7H,6H2,1-2H3,(H,12,13,14). The zero-order chi connectivity index (χ0) is 11.4. The first-order valence-corrected chi connectivity index (χ1v) is 5.85. The highest BCUT2D eigenvalue weighted by Crippen LogP contribution is 2.20. The van der Waals surface area contributed by atoms with E-state index < -0.39 is 0 Å². The molecule has 2 heterocycles. The van der Waals surface area contributed by atoms with Gasteiger partial charge < -0.3 is 10.1 Å². The number of methoxy groups -OCH3 is 1. The summed E-state index contributed by atoms with van der Waals surface area (Å²) in [6, 6.07) is 3.90. The van der Waals surface area contributed by atoms with Gasteiger partial charge in [-0.25, -0.2) is 9.97 Å². The molecule has 0 aromatic carbocycles. The number of hydrogen-bond acceptors (Lipinski definition) is 5.